The van der Waals surface area contributed by atoms with Gasteiger partial charge in [-0.2, -0.15) is 0 Å². The summed E-state index contributed by atoms with van der Waals surface area (Å²) in [5.74, 6) is -0.102. The smallest absolute Gasteiger partial charge is 0.329 e. The SMILES string of the molecule is COC(=O)C1SCSCS1. The van der Waals surface area contributed by atoms with Crippen LogP contribution in [-0.4, -0.2) is 27.8 Å². The van der Waals surface area contributed by atoms with Gasteiger partial charge in [0.05, 0.1) is 7.11 Å². The highest BCUT2D eigenvalue weighted by atomic mass is 32.3. The van der Waals surface area contributed by atoms with E-state index in [-0.39, 0.29) is 10.6 Å². The topological polar surface area (TPSA) is 26.3 Å². The Morgan fingerprint density at radius 2 is 2.10 bits per heavy atom. The summed E-state index contributed by atoms with van der Waals surface area (Å²) in [7, 11) is 1.44. The van der Waals surface area contributed by atoms with Crippen LogP contribution in [0.3, 0.4) is 0 Å². The zero-order valence-corrected chi connectivity index (χ0v) is 7.98. The van der Waals surface area contributed by atoms with E-state index < -0.39 is 0 Å². The van der Waals surface area contributed by atoms with Gasteiger partial charge in [-0.1, -0.05) is 0 Å². The first kappa shape index (κ1) is 8.62. The van der Waals surface area contributed by atoms with Crippen molar-refractivity contribution in [2.45, 2.75) is 4.58 Å². The molecule has 0 unspecified atom stereocenters. The normalized spacial score (nSPS) is 20.5. The largest absolute Gasteiger partial charge is 0.468 e. The second kappa shape index (κ2) is 4.41. The van der Waals surface area contributed by atoms with Crippen LogP contribution in [0.5, 0.6) is 0 Å². The maximum absolute atomic E-state index is 10.9. The molecule has 1 aliphatic rings. The predicted octanol–water partition coefficient (Wildman–Crippen LogP) is 1.61. The van der Waals surface area contributed by atoms with Gasteiger partial charge in [-0.25, -0.2) is 4.79 Å². The highest BCUT2D eigenvalue weighted by molar-refractivity contribution is 8.33. The Bertz CT molecular complexity index is 122. The first-order chi connectivity index (χ1) is 4.84. The fourth-order valence-corrected chi connectivity index (χ4v) is 5.03. The molecule has 0 saturated carbocycles. The molecule has 0 spiro atoms. The number of carbonyl (C=O) groups excluding carboxylic acids is 1. The van der Waals surface area contributed by atoms with Crippen LogP contribution in [0.4, 0.5) is 0 Å². The summed E-state index contributed by atoms with van der Waals surface area (Å²) in [5, 5.41) is 2.01. The maximum Gasteiger partial charge on any atom is 0.329 e. The Kier molecular flexibility index (Phi) is 3.80. The van der Waals surface area contributed by atoms with Crippen molar-refractivity contribution in [3.8, 4) is 0 Å². The fourth-order valence-electron chi connectivity index (χ4n) is 0.534. The molecule has 58 valence electrons. The predicted molar refractivity (Wildman–Crippen MR) is 48.3 cm³/mol. The Hall–Kier alpha value is 0.520. The van der Waals surface area contributed by atoms with Crippen LogP contribution in [-0.2, 0) is 9.53 Å². The molecule has 5 heteroatoms. The van der Waals surface area contributed by atoms with Gasteiger partial charge in [0.15, 0.2) is 0 Å². The third kappa shape index (κ3) is 2.29. The van der Waals surface area contributed by atoms with Crippen molar-refractivity contribution in [3.05, 3.63) is 0 Å². The molecule has 10 heavy (non-hydrogen) atoms. The van der Waals surface area contributed by atoms with Gasteiger partial charge in [-0.3, -0.25) is 0 Å². The molecule has 0 N–H and O–H groups in total. The zero-order chi connectivity index (χ0) is 7.40. The van der Waals surface area contributed by atoms with E-state index in [4.69, 9.17) is 0 Å². The van der Waals surface area contributed by atoms with Crippen molar-refractivity contribution >= 4 is 41.3 Å². The van der Waals surface area contributed by atoms with Crippen LogP contribution >= 0.6 is 35.3 Å². The summed E-state index contributed by atoms with van der Waals surface area (Å²) >= 11 is 5.14. The Labute approximate surface area is 72.8 Å². The van der Waals surface area contributed by atoms with Crippen molar-refractivity contribution in [1.29, 1.82) is 0 Å². The number of thioether (sulfide) groups is 3. The fraction of sp³-hybridized carbons (Fsp3) is 0.800. The van der Waals surface area contributed by atoms with E-state index in [1.54, 1.807) is 23.5 Å². The molecule has 2 nitrogen and oxygen atoms in total. The Balaban J connectivity index is 2.31. The summed E-state index contributed by atoms with van der Waals surface area (Å²) in [6.45, 7) is 0. The third-order valence-corrected chi connectivity index (χ3v) is 5.23. The number of methoxy groups -OCH3 is 1. The highest BCUT2D eigenvalue weighted by Gasteiger charge is 2.22. The summed E-state index contributed by atoms with van der Waals surface area (Å²) in [6.07, 6.45) is 0. The minimum atomic E-state index is -0.102. The van der Waals surface area contributed by atoms with Crippen LogP contribution < -0.4 is 0 Å². The number of hydrogen-bond acceptors (Lipinski definition) is 5. The lowest BCUT2D eigenvalue weighted by Gasteiger charge is -2.17. The van der Waals surface area contributed by atoms with Gasteiger partial charge < -0.3 is 4.74 Å². The number of rotatable bonds is 1. The highest BCUT2D eigenvalue weighted by Crippen LogP contribution is 2.36. The van der Waals surface area contributed by atoms with Crippen LogP contribution in [0.1, 0.15) is 0 Å². The van der Waals surface area contributed by atoms with E-state index in [0.717, 1.165) is 10.2 Å². The van der Waals surface area contributed by atoms with Crippen molar-refractivity contribution in [1.82, 2.24) is 0 Å². The number of hydrogen-bond donors (Lipinski definition) is 0. The van der Waals surface area contributed by atoms with E-state index in [2.05, 4.69) is 4.74 Å². The molecule has 1 rings (SSSR count). The van der Waals surface area contributed by atoms with E-state index in [1.165, 1.54) is 7.11 Å². The van der Waals surface area contributed by atoms with Crippen molar-refractivity contribution in [3.63, 3.8) is 0 Å². The quantitative estimate of drug-likeness (QED) is 0.594. The average molecular weight is 196 g/mol. The molecule has 0 amide bonds. The van der Waals surface area contributed by atoms with Gasteiger partial charge in [0.25, 0.3) is 0 Å². The van der Waals surface area contributed by atoms with E-state index in [1.807, 2.05) is 11.8 Å². The molecule has 1 saturated heterocycles. The lowest BCUT2D eigenvalue weighted by molar-refractivity contribution is -0.138. The van der Waals surface area contributed by atoms with Gasteiger partial charge in [0.1, 0.15) is 4.58 Å². The number of esters is 1. The molecule has 0 radical (unpaired) electrons. The molecule has 0 bridgehead atoms. The minimum absolute atomic E-state index is 0.0197. The summed E-state index contributed by atoms with van der Waals surface area (Å²) in [5.41, 5.74) is 0. The second-order valence-electron chi connectivity index (χ2n) is 1.63. The van der Waals surface area contributed by atoms with E-state index in [9.17, 15) is 4.79 Å². The van der Waals surface area contributed by atoms with Crippen LogP contribution in [0.15, 0.2) is 0 Å². The van der Waals surface area contributed by atoms with Crippen molar-refractivity contribution in [2.24, 2.45) is 0 Å². The first-order valence-electron chi connectivity index (χ1n) is 2.73. The number of ether oxygens (including phenoxy) is 1. The average Bonchev–Trinajstić information content (AvgIpc) is 2.05. The van der Waals surface area contributed by atoms with E-state index >= 15 is 0 Å². The Morgan fingerprint density at radius 1 is 1.50 bits per heavy atom. The van der Waals surface area contributed by atoms with Crippen LogP contribution in [0.25, 0.3) is 0 Å². The third-order valence-electron chi connectivity index (χ3n) is 0.999. The first-order valence-corrected chi connectivity index (χ1v) is 5.98. The molecule has 0 aromatic rings. The second-order valence-corrected chi connectivity index (χ2v) is 5.83. The molecular weight excluding hydrogens is 188 g/mol. The lowest BCUT2D eigenvalue weighted by atomic mass is 10.8. The van der Waals surface area contributed by atoms with Crippen molar-refractivity contribution < 1.29 is 9.53 Å². The molecule has 0 aromatic carbocycles. The standard InChI is InChI=1S/C5H8O2S3/c1-7-4(6)5-9-2-8-3-10-5/h5H,2-3H2,1H3. The van der Waals surface area contributed by atoms with Crippen molar-refractivity contribution in [2.75, 3.05) is 17.3 Å². The van der Waals surface area contributed by atoms with Gasteiger partial charge in [0, 0.05) is 10.2 Å². The molecule has 1 aliphatic heterocycles. The Morgan fingerprint density at radius 3 is 2.60 bits per heavy atom. The minimum Gasteiger partial charge on any atom is -0.468 e. The molecular formula is C5H8O2S3. The summed E-state index contributed by atoms with van der Waals surface area (Å²) in [6, 6.07) is 0. The summed E-state index contributed by atoms with van der Waals surface area (Å²) in [4.78, 5) is 10.9. The van der Waals surface area contributed by atoms with Gasteiger partial charge >= 0.3 is 5.97 Å². The molecule has 0 atom stereocenters. The van der Waals surface area contributed by atoms with Gasteiger partial charge in [-0.15, -0.1) is 35.3 Å². The monoisotopic (exact) mass is 196 g/mol. The maximum atomic E-state index is 10.9. The van der Waals surface area contributed by atoms with Gasteiger partial charge in [0.2, 0.25) is 0 Å². The van der Waals surface area contributed by atoms with E-state index in [0.29, 0.717) is 0 Å². The molecule has 0 aromatic heterocycles. The van der Waals surface area contributed by atoms with Crippen LogP contribution in [0.2, 0.25) is 0 Å². The number of carbonyl (C=O) groups is 1. The molecule has 1 heterocycles. The molecule has 1 fully saturated rings. The molecule has 0 aliphatic carbocycles. The van der Waals surface area contributed by atoms with Gasteiger partial charge in [-0.05, 0) is 0 Å². The lowest BCUT2D eigenvalue weighted by Crippen LogP contribution is -2.17. The summed E-state index contributed by atoms with van der Waals surface area (Å²) < 4.78 is 4.62. The van der Waals surface area contributed by atoms with Crippen LogP contribution in [0, 0.1) is 0 Å². The zero-order valence-electron chi connectivity index (χ0n) is 5.53.